The van der Waals surface area contributed by atoms with E-state index in [2.05, 4.69) is 98.9 Å². The predicted octanol–water partition coefficient (Wildman–Crippen LogP) is 28.5. The zero-order valence-corrected chi connectivity index (χ0v) is 67.6. The molecule has 0 aromatic heterocycles. The molecule has 101 heavy (non-hydrogen) atoms. The third kappa shape index (κ3) is 83.6. The standard InChI is InChI=1S/C92H167NO8/c1-6-8-10-12-14-16-18-20-22-24-26-28-30-32-34-36-38-40-42-43-44-45-46-47-49-51-53-55-57-59-61-63-65-67-69-71-73-75-77-79-81-83-90(95)101-88(87-100-92(91(96)97)98-85-84-93(3,4)5)86-99-89(94)82-80-78-76-74-72-70-68-66-64-62-60-58-56-54-52-50-48-41-39-37-35-33-31-29-27-25-23-21-19-17-15-13-11-9-7-2/h8,10,14,16,20,22,25-28,32,34,38,40,88,92H,6-7,9,11-13,15,17-19,21,23-24,29-31,33,35-37,39,41-87H2,1-5H3/p+1/b10-8-,16-14-,22-20-,27-25-,28-26-,34-32-,40-38-. The van der Waals surface area contributed by atoms with Gasteiger partial charge in [-0.1, -0.05) is 407 Å². The van der Waals surface area contributed by atoms with Crippen molar-refractivity contribution in [3.8, 4) is 0 Å². The third-order valence-corrected chi connectivity index (χ3v) is 19.6. The van der Waals surface area contributed by atoms with Gasteiger partial charge >= 0.3 is 17.9 Å². The van der Waals surface area contributed by atoms with Crippen LogP contribution in [0.25, 0.3) is 0 Å². The molecule has 0 aromatic carbocycles. The minimum absolute atomic E-state index is 0.177. The Hall–Kier alpha value is -3.53. The number of carboxylic acid groups (broad SMARTS) is 1. The van der Waals surface area contributed by atoms with Crippen LogP contribution in [-0.2, 0) is 33.3 Å². The minimum atomic E-state index is -1.51. The van der Waals surface area contributed by atoms with E-state index < -0.39 is 18.4 Å². The van der Waals surface area contributed by atoms with Crippen molar-refractivity contribution < 1.29 is 42.9 Å². The van der Waals surface area contributed by atoms with Gasteiger partial charge < -0.3 is 28.5 Å². The van der Waals surface area contributed by atoms with Gasteiger partial charge in [-0.3, -0.25) is 9.59 Å². The van der Waals surface area contributed by atoms with Crippen molar-refractivity contribution in [3.05, 3.63) is 85.1 Å². The molecule has 588 valence electrons. The maximum atomic E-state index is 13.0. The average Bonchev–Trinajstić information content (AvgIpc) is 1.21. The molecule has 9 nitrogen and oxygen atoms in total. The van der Waals surface area contributed by atoms with Crippen LogP contribution >= 0.6 is 0 Å². The van der Waals surface area contributed by atoms with Gasteiger partial charge in [-0.25, -0.2) is 4.79 Å². The minimum Gasteiger partial charge on any atom is -0.477 e. The van der Waals surface area contributed by atoms with Crippen molar-refractivity contribution in [1.29, 1.82) is 0 Å². The third-order valence-electron chi connectivity index (χ3n) is 19.6. The van der Waals surface area contributed by atoms with Gasteiger partial charge in [0, 0.05) is 12.8 Å². The Morgan fingerprint density at radius 1 is 0.307 bits per heavy atom. The number of carbonyl (C=O) groups is 3. The molecule has 0 aromatic rings. The number of hydrogen-bond acceptors (Lipinski definition) is 7. The predicted molar refractivity (Wildman–Crippen MR) is 438 cm³/mol. The highest BCUT2D eigenvalue weighted by Crippen LogP contribution is 2.20. The molecule has 0 aliphatic rings. The van der Waals surface area contributed by atoms with Crippen molar-refractivity contribution in [1.82, 2.24) is 0 Å². The summed E-state index contributed by atoms with van der Waals surface area (Å²) in [6.07, 6.45) is 111. The van der Waals surface area contributed by atoms with E-state index in [9.17, 15) is 19.5 Å². The van der Waals surface area contributed by atoms with Crippen LogP contribution in [0.2, 0.25) is 0 Å². The van der Waals surface area contributed by atoms with Gasteiger partial charge in [0.15, 0.2) is 6.10 Å². The lowest BCUT2D eigenvalue weighted by Crippen LogP contribution is -2.40. The summed E-state index contributed by atoms with van der Waals surface area (Å²) in [4.78, 5) is 37.8. The second-order valence-electron chi connectivity index (χ2n) is 30.8. The monoisotopic (exact) mass is 1420 g/mol. The van der Waals surface area contributed by atoms with E-state index >= 15 is 0 Å². The van der Waals surface area contributed by atoms with Crippen molar-refractivity contribution in [3.63, 3.8) is 0 Å². The number of ether oxygens (including phenoxy) is 4. The van der Waals surface area contributed by atoms with E-state index in [1.807, 2.05) is 21.1 Å². The molecule has 0 spiro atoms. The molecule has 9 heteroatoms. The molecular formula is C92H168NO8+. The first-order valence-electron chi connectivity index (χ1n) is 43.8. The molecule has 0 saturated carbocycles. The lowest BCUT2D eigenvalue weighted by atomic mass is 10.0. The van der Waals surface area contributed by atoms with Gasteiger partial charge in [-0.15, -0.1) is 0 Å². The number of esters is 2. The molecule has 0 fully saturated rings. The highest BCUT2D eigenvalue weighted by atomic mass is 16.7. The first kappa shape index (κ1) is 97.5. The quantitative estimate of drug-likeness (QED) is 0.0211. The van der Waals surface area contributed by atoms with E-state index in [4.69, 9.17) is 18.9 Å². The summed E-state index contributed by atoms with van der Waals surface area (Å²) in [5.74, 6) is -1.97. The first-order chi connectivity index (χ1) is 49.6. The molecule has 0 radical (unpaired) electrons. The van der Waals surface area contributed by atoms with Gasteiger partial charge in [0.25, 0.3) is 6.29 Å². The summed E-state index contributed by atoms with van der Waals surface area (Å²) in [5.41, 5.74) is 0. The molecule has 0 amide bonds. The lowest BCUT2D eigenvalue weighted by Gasteiger charge is -2.25. The number of nitrogens with zero attached hydrogens (tertiary/aromatic N) is 1. The molecule has 0 aliphatic heterocycles. The number of carboxylic acids is 1. The molecule has 0 aliphatic carbocycles. The summed E-state index contributed by atoms with van der Waals surface area (Å²) in [7, 11) is 6.00. The van der Waals surface area contributed by atoms with Crippen LogP contribution in [0, 0.1) is 0 Å². The average molecular weight is 1420 g/mol. The topological polar surface area (TPSA) is 108 Å². The number of unbranched alkanes of at least 4 members (excludes halogenated alkanes) is 53. The van der Waals surface area contributed by atoms with Crippen LogP contribution in [-0.4, -0.2) is 87.4 Å². The summed E-state index contributed by atoms with van der Waals surface area (Å²) < 4.78 is 23.1. The molecule has 2 unspecified atom stereocenters. The largest absolute Gasteiger partial charge is 0.477 e. The molecule has 0 rings (SSSR count). The molecule has 0 heterocycles. The Kier molecular flexibility index (Phi) is 79.3. The number of likely N-dealkylation sites (N-methyl/N-ethyl adjacent to an activating group) is 1. The zero-order valence-electron chi connectivity index (χ0n) is 67.6. The Morgan fingerprint density at radius 3 is 0.851 bits per heavy atom. The molecular weight excluding hydrogens is 1250 g/mol. The van der Waals surface area contributed by atoms with Crippen molar-refractivity contribution in [2.75, 3.05) is 47.5 Å². The van der Waals surface area contributed by atoms with Gasteiger partial charge in [0.1, 0.15) is 13.2 Å². The molecule has 2 atom stereocenters. The van der Waals surface area contributed by atoms with Crippen molar-refractivity contribution in [2.45, 2.75) is 437 Å². The fourth-order valence-electron chi connectivity index (χ4n) is 13.0. The second kappa shape index (κ2) is 82.1. The fraction of sp³-hybridized carbons (Fsp3) is 0.815. The first-order valence-corrected chi connectivity index (χ1v) is 43.8. The van der Waals surface area contributed by atoms with E-state index in [-0.39, 0.29) is 38.2 Å². The van der Waals surface area contributed by atoms with Crippen LogP contribution in [0.1, 0.15) is 425 Å². The number of rotatable bonds is 82. The number of hydrogen-bond donors (Lipinski definition) is 1. The highest BCUT2D eigenvalue weighted by Gasteiger charge is 2.25. The number of aliphatic carboxylic acids is 1. The van der Waals surface area contributed by atoms with Crippen LogP contribution in [0.4, 0.5) is 0 Å². The maximum absolute atomic E-state index is 13.0. The van der Waals surface area contributed by atoms with Gasteiger partial charge in [-0.05, 0) is 89.9 Å². The van der Waals surface area contributed by atoms with Gasteiger partial charge in [0.05, 0.1) is 34.4 Å². The normalized spacial score (nSPS) is 13.0. The molecule has 0 bridgehead atoms. The van der Waals surface area contributed by atoms with Crippen LogP contribution in [0.3, 0.4) is 0 Å². The number of quaternary nitrogens is 1. The summed E-state index contributed by atoms with van der Waals surface area (Å²) in [6.45, 7) is 4.83. The molecule has 1 N–H and O–H groups in total. The smallest absolute Gasteiger partial charge is 0.361 e. The number of carbonyl (C=O) groups excluding carboxylic acids is 2. The van der Waals surface area contributed by atoms with E-state index in [0.717, 1.165) is 77.0 Å². The number of allylic oxidation sites excluding steroid dienone is 14. The SMILES string of the molecule is CC/C=C\C/C=C\C/C=C\C/C=C\C/C=C\C/C=C\CCCCCCCCCCCCCCCCCCCCCCCCC(=O)OC(COC(=O)CCCCCCCCCCCCCCCCCCCCCCCCC/C=C\CCCCCCCCCC)COC(OCC[N+](C)(C)C)C(=O)O. The lowest BCUT2D eigenvalue weighted by molar-refractivity contribution is -0.870. The maximum Gasteiger partial charge on any atom is 0.361 e. The Bertz CT molecular complexity index is 1940. The zero-order chi connectivity index (χ0) is 73.2. The van der Waals surface area contributed by atoms with E-state index in [0.29, 0.717) is 17.4 Å². The summed E-state index contributed by atoms with van der Waals surface area (Å²) in [6, 6.07) is 0. The van der Waals surface area contributed by atoms with Crippen molar-refractivity contribution >= 4 is 17.9 Å². The van der Waals surface area contributed by atoms with Crippen molar-refractivity contribution in [2.24, 2.45) is 0 Å². The van der Waals surface area contributed by atoms with Crippen LogP contribution < -0.4 is 0 Å². The fourth-order valence-corrected chi connectivity index (χ4v) is 13.0. The Balaban J connectivity index is 3.93. The van der Waals surface area contributed by atoms with Crippen LogP contribution in [0.5, 0.6) is 0 Å². The molecule has 0 saturated heterocycles. The summed E-state index contributed by atoms with van der Waals surface area (Å²) >= 11 is 0. The highest BCUT2D eigenvalue weighted by molar-refractivity contribution is 5.71. The second-order valence-corrected chi connectivity index (χ2v) is 30.8. The Labute approximate surface area is 627 Å². The van der Waals surface area contributed by atoms with E-state index in [1.165, 1.54) is 321 Å². The Morgan fingerprint density at radius 2 is 0.564 bits per heavy atom. The van der Waals surface area contributed by atoms with Gasteiger partial charge in [0.2, 0.25) is 0 Å². The summed E-state index contributed by atoms with van der Waals surface area (Å²) in [5, 5.41) is 9.79. The van der Waals surface area contributed by atoms with Crippen LogP contribution in [0.15, 0.2) is 85.1 Å². The van der Waals surface area contributed by atoms with Gasteiger partial charge in [-0.2, -0.15) is 0 Å². The van der Waals surface area contributed by atoms with E-state index in [1.54, 1.807) is 0 Å².